The van der Waals surface area contributed by atoms with Crippen molar-refractivity contribution in [3.63, 3.8) is 0 Å². The number of aliphatic hydroxyl groups excluding tert-OH is 1. The molecule has 3 atom stereocenters. The number of ether oxygens (including phenoxy) is 1. The number of hydrogen-bond acceptors (Lipinski definition) is 4. The van der Waals surface area contributed by atoms with Gasteiger partial charge in [-0.05, 0) is 45.4 Å². The van der Waals surface area contributed by atoms with Gasteiger partial charge in [0.1, 0.15) is 5.75 Å². The topological polar surface area (TPSA) is 35.9 Å². The van der Waals surface area contributed by atoms with Crippen molar-refractivity contribution in [2.45, 2.75) is 44.9 Å². The Morgan fingerprint density at radius 3 is 2.86 bits per heavy atom. The summed E-state index contributed by atoms with van der Waals surface area (Å²) in [6.07, 6.45) is 2.08. The van der Waals surface area contributed by atoms with Crippen LogP contribution in [0.1, 0.15) is 38.4 Å². The highest BCUT2D eigenvalue weighted by molar-refractivity contribution is 5.61. The third-order valence-electron chi connectivity index (χ3n) is 4.93. The SMILES string of the molecule is COc1cccc(N2CC3CCCN3CC2C)c1[C@H](C)O. The number of hydrogen-bond donors (Lipinski definition) is 1. The molecule has 21 heavy (non-hydrogen) atoms. The van der Waals surface area contributed by atoms with Crippen molar-refractivity contribution in [1.29, 1.82) is 0 Å². The Morgan fingerprint density at radius 2 is 2.14 bits per heavy atom. The Labute approximate surface area is 127 Å². The number of piperazine rings is 1. The highest BCUT2D eigenvalue weighted by Gasteiger charge is 2.35. The molecule has 0 amide bonds. The average molecular weight is 290 g/mol. The van der Waals surface area contributed by atoms with Crippen LogP contribution >= 0.6 is 0 Å². The Morgan fingerprint density at radius 1 is 1.33 bits per heavy atom. The monoisotopic (exact) mass is 290 g/mol. The molecule has 2 unspecified atom stereocenters. The molecule has 0 saturated carbocycles. The van der Waals surface area contributed by atoms with Crippen LogP contribution in [0.3, 0.4) is 0 Å². The molecule has 1 aromatic rings. The van der Waals surface area contributed by atoms with Crippen LogP contribution in [-0.4, -0.2) is 48.8 Å². The van der Waals surface area contributed by atoms with Crippen molar-refractivity contribution in [2.75, 3.05) is 31.6 Å². The summed E-state index contributed by atoms with van der Waals surface area (Å²) in [7, 11) is 1.67. The molecule has 3 rings (SSSR count). The molecule has 2 aliphatic rings. The minimum Gasteiger partial charge on any atom is -0.496 e. The first-order chi connectivity index (χ1) is 10.1. The summed E-state index contributed by atoms with van der Waals surface area (Å²) in [5, 5.41) is 10.2. The van der Waals surface area contributed by atoms with E-state index in [0.29, 0.717) is 12.1 Å². The molecule has 0 spiro atoms. The van der Waals surface area contributed by atoms with Gasteiger partial charge < -0.3 is 14.7 Å². The molecular weight excluding hydrogens is 264 g/mol. The fraction of sp³-hybridized carbons (Fsp3) is 0.647. The lowest BCUT2D eigenvalue weighted by Crippen LogP contribution is -2.55. The second-order valence-electron chi connectivity index (χ2n) is 6.36. The van der Waals surface area contributed by atoms with Gasteiger partial charge in [-0.25, -0.2) is 0 Å². The first kappa shape index (κ1) is 14.7. The van der Waals surface area contributed by atoms with Crippen LogP contribution in [0.15, 0.2) is 18.2 Å². The predicted octanol–water partition coefficient (Wildman–Crippen LogP) is 2.42. The molecule has 2 fully saturated rings. The second kappa shape index (κ2) is 5.85. The van der Waals surface area contributed by atoms with Gasteiger partial charge in [0.05, 0.1) is 13.2 Å². The van der Waals surface area contributed by atoms with Crippen LogP contribution in [0.5, 0.6) is 5.75 Å². The zero-order valence-electron chi connectivity index (χ0n) is 13.2. The molecule has 2 aliphatic heterocycles. The van der Waals surface area contributed by atoms with E-state index in [1.54, 1.807) is 7.11 Å². The lowest BCUT2D eigenvalue weighted by Gasteiger charge is -2.44. The quantitative estimate of drug-likeness (QED) is 0.927. The maximum Gasteiger partial charge on any atom is 0.126 e. The van der Waals surface area contributed by atoms with Gasteiger partial charge in [0.15, 0.2) is 0 Å². The van der Waals surface area contributed by atoms with E-state index in [4.69, 9.17) is 4.74 Å². The van der Waals surface area contributed by atoms with Crippen molar-refractivity contribution in [1.82, 2.24) is 4.90 Å². The number of aliphatic hydroxyl groups is 1. The number of rotatable bonds is 3. The molecule has 2 saturated heterocycles. The fourth-order valence-electron chi connectivity index (χ4n) is 3.90. The highest BCUT2D eigenvalue weighted by atomic mass is 16.5. The largest absolute Gasteiger partial charge is 0.496 e. The van der Waals surface area contributed by atoms with Crippen molar-refractivity contribution < 1.29 is 9.84 Å². The lowest BCUT2D eigenvalue weighted by atomic mass is 10.0. The minimum atomic E-state index is -0.523. The molecule has 4 heteroatoms. The second-order valence-corrected chi connectivity index (χ2v) is 6.36. The number of methoxy groups -OCH3 is 1. The third kappa shape index (κ3) is 2.62. The molecule has 0 radical (unpaired) electrons. The van der Waals surface area contributed by atoms with Gasteiger partial charge >= 0.3 is 0 Å². The Hall–Kier alpha value is -1.26. The first-order valence-electron chi connectivity index (χ1n) is 7.97. The molecule has 4 nitrogen and oxygen atoms in total. The molecular formula is C17H26N2O2. The molecule has 116 valence electrons. The highest BCUT2D eigenvalue weighted by Crippen LogP contribution is 2.37. The van der Waals surface area contributed by atoms with E-state index in [1.807, 2.05) is 19.1 Å². The first-order valence-corrected chi connectivity index (χ1v) is 7.97. The van der Waals surface area contributed by atoms with E-state index in [0.717, 1.165) is 30.1 Å². The van der Waals surface area contributed by atoms with Gasteiger partial charge in [-0.2, -0.15) is 0 Å². The summed E-state index contributed by atoms with van der Waals surface area (Å²) in [6.45, 7) is 7.50. The zero-order valence-corrected chi connectivity index (χ0v) is 13.2. The van der Waals surface area contributed by atoms with Crippen molar-refractivity contribution in [2.24, 2.45) is 0 Å². The molecule has 0 aromatic heterocycles. The van der Waals surface area contributed by atoms with Gasteiger partial charge in [-0.15, -0.1) is 0 Å². The summed E-state index contributed by atoms with van der Waals surface area (Å²) < 4.78 is 5.46. The van der Waals surface area contributed by atoms with Crippen LogP contribution in [0.25, 0.3) is 0 Å². The third-order valence-corrected chi connectivity index (χ3v) is 4.93. The van der Waals surface area contributed by atoms with E-state index in [1.165, 1.54) is 19.4 Å². The standard InChI is InChI=1S/C17H26N2O2/c1-12-10-18-9-5-6-14(18)11-19(12)15-7-4-8-16(21-3)17(15)13(2)20/h4,7-8,12-14,20H,5-6,9-11H2,1-3H3/t12?,13-,14?/m0/s1. The van der Waals surface area contributed by atoms with Crippen LogP contribution in [0, 0.1) is 0 Å². The van der Waals surface area contributed by atoms with Gasteiger partial charge in [-0.3, -0.25) is 4.90 Å². The zero-order chi connectivity index (χ0) is 15.0. The predicted molar refractivity (Wildman–Crippen MR) is 85.0 cm³/mol. The normalized spacial score (nSPS) is 27.5. The number of anilines is 1. The number of benzene rings is 1. The number of fused-ring (bicyclic) bond motifs is 1. The van der Waals surface area contributed by atoms with E-state index in [2.05, 4.69) is 22.8 Å². The van der Waals surface area contributed by atoms with Gasteiger partial charge in [-0.1, -0.05) is 6.07 Å². The van der Waals surface area contributed by atoms with E-state index < -0.39 is 6.10 Å². The van der Waals surface area contributed by atoms with Gasteiger partial charge in [0, 0.05) is 36.4 Å². The smallest absolute Gasteiger partial charge is 0.126 e. The molecule has 1 aromatic carbocycles. The summed E-state index contributed by atoms with van der Waals surface area (Å²) in [5.74, 6) is 0.781. The van der Waals surface area contributed by atoms with E-state index >= 15 is 0 Å². The summed E-state index contributed by atoms with van der Waals surface area (Å²) >= 11 is 0. The maximum absolute atomic E-state index is 10.2. The summed E-state index contributed by atoms with van der Waals surface area (Å²) in [6, 6.07) is 7.19. The summed E-state index contributed by atoms with van der Waals surface area (Å²) in [4.78, 5) is 5.07. The molecule has 0 bridgehead atoms. The van der Waals surface area contributed by atoms with Crippen molar-refractivity contribution >= 4 is 5.69 Å². The number of nitrogens with zero attached hydrogens (tertiary/aromatic N) is 2. The minimum absolute atomic E-state index is 0.462. The Kier molecular flexibility index (Phi) is 4.09. The van der Waals surface area contributed by atoms with Crippen LogP contribution in [-0.2, 0) is 0 Å². The van der Waals surface area contributed by atoms with E-state index in [9.17, 15) is 5.11 Å². The molecule has 0 aliphatic carbocycles. The van der Waals surface area contributed by atoms with E-state index in [-0.39, 0.29) is 0 Å². The van der Waals surface area contributed by atoms with Gasteiger partial charge in [0.25, 0.3) is 0 Å². The van der Waals surface area contributed by atoms with Crippen molar-refractivity contribution in [3.8, 4) is 5.75 Å². The van der Waals surface area contributed by atoms with Crippen LogP contribution in [0.4, 0.5) is 5.69 Å². The maximum atomic E-state index is 10.2. The van der Waals surface area contributed by atoms with Crippen LogP contribution in [0.2, 0.25) is 0 Å². The van der Waals surface area contributed by atoms with Crippen LogP contribution < -0.4 is 9.64 Å². The summed E-state index contributed by atoms with van der Waals surface area (Å²) in [5.41, 5.74) is 2.04. The fourth-order valence-corrected chi connectivity index (χ4v) is 3.90. The molecule has 1 N–H and O–H groups in total. The lowest BCUT2D eigenvalue weighted by molar-refractivity contribution is 0.189. The van der Waals surface area contributed by atoms with Gasteiger partial charge in [0.2, 0.25) is 0 Å². The average Bonchev–Trinajstić information content (AvgIpc) is 2.92. The van der Waals surface area contributed by atoms with Crippen molar-refractivity contribution in [3.05, 3.63) is 23.8 Å². The Bertz CT molecular complexity index is 504. The molecule has 2 heterocycles. The Balaban J connectivity index is 1.95.